The van der Waals surface area contributed by atoms with Gasteiger partial charge in [0.25, 0.3) is 5.91 Å². The fourth-order valence-electron chi connectivity index (χ4n) is 4.17. The third-order valence-electron chi connectivity index (χ3n) is 5.65. The summed E-state index contributed by atoms with van der Waals surface area (Å²) in [4.78, 5) is 14.5. The number of halogens is 5. The number of rotatable bonds is 4. The third kappa shape index (κ3) is 3.61. The van der Waals surface area contributed by atoms with Gasteiger partial charge in [-0.3, -0.25) is 4.79 Å². The van der Waals surface area contributed by atoms with Gasteiger partial charge >= 0.3 is 6.18 Å². The Balaban J connectivity index is 1.86. The molecule has 4 rings (SSSR count). The molecule has 1 heterocycles. The van der Waals surface area contributed by atoms with E-state index in [9.17, 15) is 18.0 Å². The highest BCUT2D eigenvalue weighted by Crippen LogP contribution is 2.54. The first-order chi connectivity index (χ1) is 14.7. The summed E-state index contributed by atoms with van der Waals surface area (Å²) >= 11 is 6.06. The standard InChI is InChI=1S/C23H18ClF4NO2/c1-31-20-10-8-16(24)12-18(20)22(25)17-9-7-15(23(26,27)28)11-19(17)29(21(22)30)13-14-5-3-2-4-6-14/h2-8,10-12,17H,9,13H2,1H3. The Morgan fingerprint density at radius 2 is 1.90 bits per heavy atom. The monoisotopic (exact) mass is 451 g/mol. The highest BCUT2D eigenvalue weighted by Gasteiger charge is 2.60. The molecular formula is C23H18ClF4NO2. The Kier molecular flexibility index (Phi) is 5.33. The number of fused-ring (bicyclic) bond motifs is 1. The zero-order valence-corrected chi connectivity index (χ0v) is 17.2. The first kappa shape index (κ1) is 21.4. The van der Waals surface area contributed by atoms with Crippen molar-refractivity contribution < 1.29 is 27.1 Å². The molecule has 1 aliphatic heterocycles. The molecule has 0 bridgehead atoms. The summed E-state index contributed by atoms with van der Waals surface area (Å²) < 4.78 is 62.1. The third-order valence-corrected chi connectivity index (χ3v) is 5.88. The van der Waals surface area contributed by atoms with E-state index in [1.165, 1.54) is 25.3 Å². The van der Waals surface area contributed by atoms with E-state index >= 15 is 4.39 Å². The van der Waals surface area contributed by atoms with Crippen molar-refractivity contribution in [1.82, 2.24) is 4.90 Å². The van der Waals surface area contributed by atoms with Gasteiger partial charge in [-0.1, -0.05) is 48.0 Å². The van der Waals surface area contributed by atoms with Crippen LogP contribution in [-0.4, -0.2) is 24.1 Å². The molecule has 2 atom stereocenters. The fourth-order valence-corrected chi connectivity index (χ4v) is 4.35. The molecule has 2 unspecified atom stereocenters. The second kappa shape index (κ2) is 7.71. The molecule has 3 nitrogen and oxygen atoms in total. The van der Waals surface area contributed by atoms with E-state index < -0.39 is 29.2 Å². The van der Waals surface area contributed by atoms with Gasteiger partial charge < -0.3 is 9.64 Å². The van der Waals surface area contributed by atoms with Crippen LogP contribution in [0.3, 0.4) is 0 Å². The molecule has 2 aromatic rings. The molecule has 1 fully saturated rings. The minimum absolute atomic E-state index is 0.00629. The van der Waals surface area contributed by atoms with Gasteiger partial charge in [-0.05, 0) is 36.3 Å². The van der Waals surface area contributed by atoms with Gasteiger partial charge in [-0.2, -0.15) is 13.2 Å². The van der Waals surface area contributed by atoms with Gasteiger partial charge in [0, 0.05) is 16.3 Å². The molecule has 0 radical (unpaired) electrons. The van der Waals surface area contributed by atoms with E-state index in [-0.39, 0.29) is 35.0 Å². The number of amides is 1. The summed E-state index contributed by atoms with van der Waals surface area (Å²) in [6.07, 6.45) is -3.09. The summed E-state index contributed by atoms with van der Waals surface area (Å²) in [5.41, 5.74) is -2.95. The number of alkyl halides is 4. The molecule has 0 spiro atoms. The maximum absolute atomic E-state index is 16.7. The smallest absolute Gasteiger partial charge is 0.416 e. The second-order valence-corrected chi connectivity index (χ2v) is 7.88. The summed E-state index contributed by atoms with van der Waals surface area (Å²) in [5, 5.41) is 0.190. The summed E-state index contributed by atoms with van der Waals surface area (Å²) in [5.74, 6) is -1.97. The number of benzene rings is 2. The first-order valence-corrected chi connectivity index (χ1v) is 9.91. The number of hydrogen-bond acceptors (Lipinski definition) is 2. The number of likely N-dealkylation sites (tertiary alicyclic amines) is 1. The zero-order valence-electron chi connectivity index (χ0n) is 16.4. The zero-order chi connectivity index (χ0) is 22.4. The van der Waals surface area contributed by atoms with Crippen LogP contribution in [0.25, 0.3) is 0 Å². The van der Waals surface area contributed by atoms with Crippen LogP contribution < -0.4 is 4.74 Å². The predicted molar refractivity (Wildman–Crippen MR) is 108 cm³/mol. The second-order valence-electron chi connectivity index (χ2n) is 7.45. The van der Waals surface area contributed by atoms with Gasteiger partial charge in [-0.25, -0.2) is 4.39 Å². The normalized spacial score (nSPS) is 23.4. The summed E-state index contributed by atoms with van der Waals surface area (Å²) in [7, 11) is 1.33. The van der Waals surface area contributed by atoms with Gasteiger partial charge in [0.15, 0.2) is 0 Å². The number of methoxy groups -OCH3 is 1. The van der Waals surface area contributed by atoms with Crippen LogP contribution in [0.5, 0.6) is 5.75 Å². The first-order valence-electron chi connectivity index (χ1n) is 9.54. The van der Waals surface area contributed by atoms with Crippen molar-refractivity contribution >= 4 is 17.5 Å². The highest BCUT2D eigenvalue weighted by molar-refractivity contribution is 6.30. The number of carbonyl (C=O) groups excluding carboxylic acids is 1. The fraction of sp³-hybridized carbons (Fsp3) is 0.261. The molecule has 1 aliphatic carbocycles. The lowest BCUT2D eigenvalue weighted by Crippen LogP contribution is -2.37. The van der Waals surface area contributed by atoms with Crippen LogP contribution in [-0.2, 0) is 17.0 Å². The van der Waals surface area contributed by atoms with Crippen molar-refractivity contribution in [3.8, 4) is 5.75 Å². The Labute approximate surface area is 181 Å². The Morgan fingerprint density at radius 1 is 1.19 bits per heavy atom. The molecule has 2 aliphatic rings. The average molecular weight is 452 g/mol. The van der Waals surface area contributed by atoms with Crippen molar-refractivity contribution in [3.63, 3.8) is 0 Å². The molecule has 8 heteroatoms. The van der Waals surface area contributed by atoms with Gasteiger partial charge in [0.2, 0.25) is 5.67 Å². The minimum Gasteiger partial charge on any atom is -0.496 e. The van der Waals surface area contributed by atoms with Crippen molar-refractivity contribution in [3.05, 3.63) is 88.1 Å². The van der Waals surface area contributed by atoms with Crippen molar-refractivity contribution in [2.45, 2.75) is 24.8 Å². The van der Waals surface area contributed by atoms with Crippen LogP contribution >= 0.6 is 11.6 Å². The molecule has 1 saturated heterocycles. The Bertz CT molecular complexity index is 1080. The SMILES string of the molecule is COc1ccc(Cl)cc1C1(F)C(=O)N(Cc2ccccc2)C2=CC(C(F)(F)F)=CCC21. The average Bonchev–Trinajstić information content (AvgIpc) is 2.96. The topological polar surface area (TPSA) is 29.5 Å². The molecule has 31 heavy (non-hydrogen) atoms. The van der Waals surface area contributed by atoms with E-state index in [4.69, 9.17) is 16.3 Å². The van der Waals surface area contributed by atoms with E-state index in [0.717, 1.165) is 17.1 Å². The van der Waals surface area contributed by atoms with Crippen LogP contribution in [0.1, 0.15) is 17.5 Å². The van der Waals surface area contributed by atoms with Crippen LogP contribution in [0.2, 0.25) is 5.02 Å². The highest BCUT2D eigenvalue weighted by atomic mass is 35.5. The minimum atomic E-state index is -4.60. The molecular weight excluding hydrogens is 434 g/mol. The molecule has 162 valence electrons. The van der Waals surface area contributed by atoms with Crippen molar-refractivity contribution in [2.75, 3.05) is 7.11 Å². The van der Waals surface area contributed by atoms with Crippen LogP contribution in [0, 0.1) is 5.92 Å². The van der Waals surface area contributed by atoms with E-state index in [2.05, 4.69) is 0 Å². The number of hydrogen-bond donors (Lipinski definition) is 0. The van der Waals surface area contributed by atoms with Crippen LogP contribution in [0.15, 0.2) is 72.0 Å². The number of ether oxygens (including phenoxy) is 1. The number of carbonyl (C=O) groups is 1. The lowest BCUT2D eigenvalue weighted by atomic mass is 9.79. The molecule has 0 N–H and O–H groups in total. The number of nitrogens with zero attached hydrogens (tertiary/aromatic N) is 1. The van der Waals surface area contributed by atoms with Crippen LogP contribution in [0.4, 0.5) is 17.6 Å². The molecule has 0 aromatic heterocycles. The van der Waals surface area contributed by atoms with Gasteiger partial charge in [0.1, 0.15) is 5.75 Å². The van der Waals surface area contributed by atoms with Crippen molar-refractivity contribution in [1.29, 1.82) is 0 Å². The molecule has 0 saturated carbocycles. The van der Waals surface area contributed by atoms with Gasteiger partial charge in [0.05, 0.1) is 25.1 Å². The van der Waals surface area contributed by atoms with E-state index in [1.807, 2.05) is 0 Å². The van der Waals surface area contributed by atoms with E-state index in [0.29, 0.717) is 5.56 Å². The Morgan fingerprint density at radius 3 is 2.55 bits per heavy atom. The summed E-state index contributed by atoms with van der Waals surface area (Å²) in [6, 6.07) is 12.9. The summed E-state index contributed by atoms with van der Waals surface area (Å²) in [6.45, 7) is -0.0539. The van der Waals surface area contributed by atoms with Crippen molar-refractivity contribution in [2.24, 2.45) is 5.92 Å². The number of allylic oxidation sites excluding steroid dienone is 4. The lowest BCUT2D eigenvalue weighted by molar-refractivity contribution is -0.139. The largest absolute Gasteiger partial charge is 0.496 e. The van der Waals surface area contributed by atoms with E-state index in [1.54, 1.807) is 30.3 Å². The lowest BCUT2D eigenvalue weighted by Gasteiger charge is -2.28. The quantitative estimate of drug-likeness (QED) is 0.538. The molecule has 1 amide bonds. The Hall–Kier alpha value is -2.80. The molecule has 2 aromatic carbocycles. The predicted octanol–water partition coefficient (Wildman–Crippen LogP) is 5.95. The maximum Gasteiger partial charge on any atom is 0.416 e. The van der Waals surface area contributed by atoms with Gasteiger partial charge in [-0.15, -0.1) is 0 Å². The maximum atomic E-state index is 16.7.